The molecule has 0 radical (unpaired) electrons. The van der Waals surface area contributed by atoms with E-state index >= 15 is 0 Å². The predicted molar refractivity (Wildman–Crippen MR) is 44.8 cm³/mol. The first-order chi connectivity index (χ1) is 5.05. The zero-order valence-corrected chi connectivity index (χ0v) is 8.02. The molecular weight excluding hydrogens is 164 g/mol. The van der Waals surface area contributed by atoms with E-state index in [4.69, 9.17) is 21.1 Å². The number of methoxy groups -OCH3 is 1. The van der Waals surface area contributed by atoms with Gasteiger partial charge in [-0.3, -0.25) is 0 Å². The quantitative estimate of drug-likeness (QED) is 0.573. The molecule has 0 spiro atoms. The largest absolute Gasteiger partial charge is 0.354 e. The Morgan fingerprint density at radius 1 is 1.55 bits per heavy atom. The van der Waals surface area contributed by atoms with Gasteiger partial charge in [-0.1, -0.05) is 0 Å². The molecule has 1 heterocycles. The van der Waals surface area contributed by atoms with Gasteiger partial charge in [0.1, 0.15) is 0 Å². The highest BCUT2D eigenvalue weighted by Gasteiger charge is 2.34. The van der Waals surface area contributed by atoms with Gasteiger partial charge in [0.25, 0.3) is 0 Å². The average molecular weight is 179 g/mol. The molecule has 11 heavy (non-hydrogen) atoms. The van der Waals surface area contributed by atoms with Crippen LogP contribution in [0.25, 0.3) is 0 Å². The lowest BCUT2D eigenvalue weighted by Crippen LogP contribution is -2.42. The van der Waals surface area contributed by atoms with Crippen LogP contribution in [0, 0.1) is 0 Å². The van der Waals surface area contributed by atoms with Gasteiger partial charge < -0.3 is 9.47 Å². The van der Waals surface area contributed by atoms with Crippen molar-refractivity contribution in [3.63, 3.8) is 0 Å². The zero-order valence-electron chi connectivity index (χ0n) is 7.26. The SMILES string of the molecule is CO[C@@H]1OC(C)(C)CC[C@@H]1Cl. The maximum atomic E-state index is 5.96. The van der Waals surface area contributed by atoms with Gasteiger partial charge in [-0.25, -0.2) is 0 Å². The third kappa shape index (κ3) is 2.32. The Balaban J connectivity index is 2.51. The second-order valence-electron chi connectivity index (χ2n) is 3.54. The van der Waals surface area contributed by atoms with Crippen molar-refractivity contribution < 1.29 is 9.47 Å². The Hall–Kier alpha value is 0.210. The smallest absolute Gasteiger partial charge is 0.174 e. The molecule has 0 aromatic rings. The van der Waals surface area contributed by atoms with Crippen LogP contribution in [0.3, 0.4) is 0 Å². The zero-order chi connectivity index (χ0) is 8.48. The van der Waals surface area contributed by atoms with Crippen molar-refractivity contribution in [2.75, 3.05) is 7.11 Å². The predicted octanol–water partition coefficient (Wildman–Crippen LogP) is 2.16. The summed E-state index contributed by atoms with van der Waals surface area (Å²) in [6.07, 6.45) is 1.73. The van der Waals surface area contributed by atoms with Gasteiger partial charge in [-0.05, 0) is 26.7 Å². The lowest BCUT2D eigenvalue weighted by molar-refractivity contribution is -0.210. The molecule has 1 aliphatic rings. The van der Waals surface area contributed by atoms with Crippen molar-refractivity contribution in [3.8, 4) is 0 Å². The summed E-state index contributed by atoms with van der Waals surface area (Å²) in [5, 5.41) is 0.00743. The van der Waals surface area contributed by atoms with Crippen LogP contribution in [0.5, 0.6) is 0 Å². The minimum absolute atomic E-state index is 0.00743. The van der Waals surface area contributed by atoms with Crippen LogP contribution in [0.1, 0.15) is 26.7 Å². The number of alkyl halides is 1. The summed E-state index contributed by atoms with van der Waals surface area (Å²) in [5.74, 6) is 0. The summed E-state index contributed by atoms with van der Waals surface area (Å²) in [6, 6.07) is 0. The molecular formula is C8H15ClO2. The second kappa shape index (κ2) is 3.30. The highest BCUT2D eigenvalue weighted by atomic mass is 35.5. The topological polar surface area (TPSA) is 18.5 Å². The van der Waals surface area contributed by atoms with E-state index in [1.807, 2.05) is 0 Å². The lowest BCUT2D eigenvalue weighted by Gasteiger charge is -2.37. The maximum Gasteiger partial charge on any atom is 0.174 e. The van der Waals surface area contributed by atoms with Crippen LogP contribution in [0.2, 0.25) is 0 Å². The Bertz CT molecular complexity index is 136. The van der Waals surface area contributed by atoms with Gasteiger partial charge in [0.2, 0.25) is 0 Å². The van der Waals surface area contributed by atoms with Gasteiger partial charge in [-0.15, -0.1) is 11.6 Å². The van der Waals surface area contributed by atoms with Crippen molar-refractivity contribution in [1.29, 1.82) is 0 Å². The molecule has 1 aliphatic heterocycles. The van der Waals surface area contributed by atoms with E-state index in [1.165, 1.54) is 0 Å². The minimum atomic E-state index is -0.236. The molecule has 0 saturated carbocycles. The van der Waals surface area contributed by atoms with E-state index < -0.39 is 0 Å². The molecule has 0 N–H and O–H groups in total. The Morgan fingerprint density at radius 3 is 2.64 bits per heavy atom. The highest BCUT2D eigenvalue weighted by Crippen LogP contribution is 2.31. The van der Waals surface area contributed by atoms with Gasteiger partial charge in [-0.2, -0.15) is 0 Å². The van der Waals surface area contributed by atoms with Gasteiger partial charge >= 0.3 is 0 Å². The van der Waals surface area contributed by atoms with Crippen LogP contribution in [0.15, 0.2) is 0 Å². The molecule has 0 aliphatic carbocycles. The van der Waals surface area contributed by atoms with Gasteiger partial charge in [0.15, 0.2) is 6.29 Å². The highest BCUT2D eigenvalue weighted by molar-refractivity contribution is 6.20. The molecule has 0 bridgehead atoms. The van der Waals surface area contributed by atoms with Crippen LogP contribution in [-0.4, -0.2) is 24.4 Å². The first kappa shape index (κ1) is 9.30. The molecule has 0 aromatic heterocycles. The molecule has 0 unspecified atom stereocenters. The van der Waals surface area contributed by atoms with E-state index in [0.717, 1.165) is 12.8 Å². The average Bonchev–Trinajstić information content (AvgIpc) is 1.94. The summed E-state index contributed by atoms with van der Waals surface area (Å²) in [4.78, 5) is 0. The summed E-state index contributed by atoms with van der Waals surface area (Å²) in [7, 11) is 1.63. The Morgan fingerprint density at radius 2 is 2.18 bits per heavy atom. The van der Waals surface area contributed by atoms with Gasteiger partial charge in [0, 0.05) is 7.11 Å². The summed E-state index contributed by atoms with van der Waals surface area (Å²) < 4.78 is 10.7. The number of hydrogen-bond donors (Lipinski definition) is 0. The first-order valence-corrected chi connectivity index (χ1v) is 4.33. The van der Waals surface area contributed by atoms with E-state index in [0.29, 0.717) is 0 Å². The summed E-state index contributed by atoms with van der Waals surface area (Å²) >= 11 is 5.96. The monoisotopic (exact) mass is 178 g/mol. The molecule has 66 valence electrons. The van der Waals surface area contributed by atoms with E-state index in [-0.39, 0.29) is 17.3 Å². The van der Waals surface area contributed by atoms with E-state index in [2.05, 4.69) is 13.8 Å². The van der Waals surface area contributed by atoms with Crippen molar-refractivity contribution in [2.45, 2.75) is 44.0 Å². The van der Waals surface area contributed by atoms with Crippen LogP contribution in [0.4, 0.5) is 0 Å². The second-order valence-corrected chi connectivity index (χ2v) is 4.10. The Labute approximate surface area is 72.8 Å². The van der Waals surface area contributed by atoms with Crippen LogP contribution < -0.4 is 0 Å². The number of halogens is 1. The molecule has 2 nitrogen and oxygen atoms in total. The van der Waals surface area contributed by atoms with E-state index in [1.54, 1.807) is 7.11 Å². The lowest BCUT2D eigenvalue weighted by atomic mass is 9.97. The minimum Gasteiger partial charge on any atom is -0.354 e. The fourth-order valence-corrected chi connectivity index (χ4v) is 1.53. The van der Waals surface area contributed by atoms with Crippen molar-refractivity contribution in [2.24, 2.45) is 0 Å². The van der Waals surface area contributed by atoms with Crippen LogP contribution in [-0.2, 0) is 9.47 Å². The number of hydrogen-bond acceptors (Lipinski definition) is 2. The van der Waals surface area contributed by atoms with Crippen LogP contribution >= 0.6 is 11.6 Å². The number of rotatable bonds is 1. The summed E-state index contributed by atoms with van der Waals surface area (Å²) in [5.41, 5.74) is -0.0773. The van der Waals surface area contributed by atoms with Crippen molar-refractivity contribution in [1.82, 2.24) is 0 Å². The normalized spacial score (nSPS) is 37.1. The standard InChI is InChI=1S/C8H15ClO2/c1-8(2)5-4-6(9)7(10-3)11-8/h6-7H,4-5H2,1-3H3/t6-,7+/m0/s1. The maximum absolute atomic E-state index is 5.96. The third-order valence-corrected chi connectivity index (χ3v) is 2.41. The first-order valence-electron chi connectivity index (χ1n) is 3.90. The molecule has 3 heteroatoms. The number of ether oxygens (including phenoxy) is 2. The molecule has 2 atom stereocenters. The van der Waals surface area contributed by atoms with Gasteiger partial charge in [0.05, 0.1) is 11.0 Å². The molecule has 1 fully saturated rings. The van der Waals surface area contributed by atoms with Crippen molar-refractivity contribution in [3.05, 3.63) is 0 Å². The molecule has 1 rings (SSSR count). The molecule has 0 aromatic carbocycles. The third-order valence-electron chi connectivity index (χ3n) is 1.98. The van der Waals surface area contributed by atoms with E-state index in [9.17, 15) is 0 Å². The molecule has 0 amide bonds. The summed E-state index contributed by atoms with van der Waals surface area (Å²) in [6.45, 7) is 4.11. The van der Waals surface area contributed by atoms with Crippen molar-refractivity contribution >= 4 is 11.6 Å². The fourth-order valence-electron chi connectivity index (χ4n) is 1.26. The molecule has 1 saturated heterocycles. The fraction of sp³-hybridized carbons (Fsp3) is 1.00. The Kier molecular flexibility index (Phi) is 2.79.